The highest BCUT2D eigenvalue weighted by Gasteiger charge is 2.23. The predicted molar refractivity (Wildman–Crippen MR) is 56.8 cm³/mol. The maximum Gasteiger partial charge on any atom is 0.00100 e. The minimum absolute atomic E-state index is 1.02. The zero-order valence-electron chi connectivity index (χ0n) is 8.97. The molecule has 1 saturated carbocycles. The monoisotopic (exact) mass is 181 g/mol. The fourth-order valence-corrected chi connectivity index (χ4v) is 2.60. The van der Waals surface area contributed by atoms with Crippen LogP contribution in [-0.2, 0) is 0 Å². The van der Waals surface area contributed by atoms with Gasteiger partial charge >= 0.3 is 0 Å². The van der Waals surface area contributed by atoms with Gasteiger partial charge in [0.15, 0.2) is 0 Å². The third-order valence-corrected chi connectivity index (χ3v) is 4.03. The molecule has 0 aromatic rings. The lowest BCUT2D eigenvalue weighted by molar-refractivity contribution is 0.235. The van der Waals surface area contributed by atoms with Crippen molar-refractivity contribution in [3.63, 3.8) is 0 Å². The zero-order valence-corrected chi connectivity index (χ0v) is 8.97. The lowest BCUT2D eigenvalue weighted by atomic mass is 9.83. The van der Waals surface area contributed by atoms with Crippen molar-refractivity contribution >= 4 is 0 Å². The molecule has 0 unspecified atom stereocenters. The number of rotatable bonds is 4. The molecule has 0 aromatic carbocycles. The van der Waals surface area contributed by atoms with Gasteiger partial charge in [0.1, 0.15) is 0 Å². The van der Waals surface area contributed by atoms with Gasteiger partial charge in [-0.15, -0.1) is 0 Å². The van der Waals surface area contributed by atoms with Crippen LogP contribution in [0.3, 0.4) is 0 Å². The molecule has 2 fully saturated rings. The van der Waals surface area contributed by atoms with Crippen molar-refractivity contribution in [3.05, 3.63) is 0 Å². The Morgan fingerprint density at radius 2 is 2.00 bits per heavy atom. The van der Waals surface area contributed by atoms with Crippen LogP contribution < -0.4 is 0 Å². The van der Waals surface area contributed by atoms with Gasteiger partial charge < -0.3 is 4.90 Å². The quantitative estimate of drug-likeness (QED) is 0.644. The molecular formula is C12H23N. The first-order chi connectivity index (χ1) is 6.38. The van der Waals surface area contributed by atoms with Gasteiger partial charge in [0, 0.05) is 6.54 Å². The van der Waals surface area contributed by atoms with Gasteiger partial charge in [0.05, 0.1) is 0 Å². The van der Waals surface area contributed by atoms with Gasteiger partial charge in [0.2, 0.25) is 0 Å². The Morgan fingerprint density at radius 1 is 1.15 bits per heavy atom. The summed E-state index contributed by atoms with van der Waals surface area (Å²) < 4.78 is 0. The summed E-state index contributed by atoms with van der Waals surface area (Å²) in [6.07, 6.45) is 8.87. The van der Waals surface area contributed by atoms with Crippen LogP contribution in [0, 0.1) is 11.8 Å². The molecule has 0 amide bonds. The minimum atomic E-state index is 1.02. The van der Waals surface area contributed by atoms with Crippen LogP contribution in [0.4, 0.5) is 0 Å². The van der Waals surface area contributed by atoms with E-state index in [2.05, 4.69) is 11.8 Å². The average molecular weight is 181 g/mol. The second-order valence-corrected chi connectivity index (χ2v) is 4.95. The van der Waals surface area contributed by atoms with Crippen molar-refractivity contribution in [2.45, 2.75) is 45.4 Å². The molecule has 1 atom stereocenters. The third kappa shape index (κ3) is 2.46. The Kier molecular flexibility index (Phi) is 3.26. The van der Waals surface area contributed by atoms with E-state index in [0.29, 0.717) is 0 Å². The Morgan fingerprint density at radius 3 is 2.54 bits per heavy atom. The number of hydrogen-bond acceptors (Lipinski definition) is 1. The Labute approximate surface area is 82.5 Å². The summed E-state index contributed by atoms with van der Waals surface area (Å²) >= 11 is 0. The molecule has 0 bridgehead atoms. The first-order valence-corrected chi connectivity index (χ1v) is 6.11. The highest BCUT2D eigenvalue weighted by molar-refractivity contribution is 4.77. The Balaban J connectivity index is 1.59. The maximum atomic E-state index is 2.69. The number of nitrogens with zero attached hydrogens (tertiary/aromatic N) is 1. The van der Waals surface area contributed by atoms with Crippen LogP contribution >= 0.6 is 0 Å². The van der Waals surface area contributed by atoms with Gasteiger partial charge in [-0.2, -0.15) is 0 Å². The molecule has 0 aromatic heterocycles. The molecule has 1 heteroatoms. The molecular weight excluding hydrogens is 158 g/mol. The molecule has 2 aliphatic rings. The van der Waals surface area contributed by atoms with E-state index < -0.39 is 0 Å². The van der Waals surface area contributed by atoms with Gasteiger partial charge in [-0.05, 0) is 37.8 Å². The van der Waals surface area contributed by atoms with Gasteiger partial charge in [0.25, 0.3) is 0 Å². The summed E-state index contributed by atoms with van der Waals surface area (Å²) in [5.74, 6) is 2.11. The molecule has 1 aliphatic heterocycles. The number of hydrogen-bond donors (Lipinski definition) is 0. The van der Waals surface area contributed by atoms with Crippen molar-refractivity contribution in [1.29, 1.82) is 0 Å². The van der Waals surface area contributed by atoms with Crippen molar-refractivity contribution < 1.29 is 0 Å². The first kappa shape index (κ1) is 9.51. The topological polar surface area (TPSA) is 3.24 Å². The number of likely N-dealkylation sites (tertiary alicyclic amines) is 1. The summed E-state index contributed by atoms with van der Waals surface area (Å²) in [6.45, 7) is 6.50. The van der Waals surface area contributed by atoms with Crippen molar-refractivity contribution in [2.24, 2.45) is 11.8 Å². The lowest BCUT2D eigenvalue weighted by Gasteiger charge is -2.27. The minimum Gasteiger partial charge on any atom is -0.303 e. The molecule has 0 spiro atoms. The molecule has 76 valence electrons. The fraction of sp³-hybridized carbons (Fsp3) is 1.00. The van der Waals surface area contributed by atoms with Crippen LogP contribution in [0.5, 0.6) is 0 Å². The predicted octanol–water partition coefficient (Wildman–Crippen LogP) is 2.91. The molecule has 13 heavy (non-hydrogen) atoms. The molecule has 1 heterocycles. The van der Waals surface area contributed by atoms with Crippen LogP contribution in [0.2, 0.25) is 0 Å². The van der Waals surface area contributed by atoms with Crippen molar-refractivity contribution in [2.75, 3.05) is 19.6 Å². The summed E-state index contributed by atoms with van der Waals surface area (Å²) in [5.41, 5.74) is 0. The van der Waals surface area contributed by atoms with E-state index >= 15 is 0 Å². The van der Waals surface area contributed by atoms with E-state index in [-0.39, 0.29) is 0 Å². The highest BCUT2D eigenvalue weighted by Crippen LogP contribution is 2.30. The molecule has 1 aliphatic carbocycles. The Hall–Kier alpha value is -0.0400. The summed E-state index contributed by atoms with van der Waals surface area (Å²) in [5, 5.41) is 0. The highest BCUT2D eigenvalue weighted by atomic mass is 15.1. The van der Waals surface area contributed by atoms with Gasteiger partial charge in [-0.25, -0.2) is 0 Å². The van der Waals surface area contributed by atoms with E-state index in [1.165, 1.54) is 58.2 Å². The normalized spacial score (nSPS) is 30.7. The third-order valence-electron chi connectivity index (χ3n) is 4.03. The van der Waals surface area contributed by atoms with Crippen LogP contribution in [0.25, 0.3) is 0 Å². The second kappa shape index (κ2) is 4.45. The molecule has 2 rings (SSSR count). The maximum absolute atomic E-state index is 2.69. The van der Waals surface area contributed by atoms with Crippen molar-refractivity contribution in [1.82, 2.24) is 4.90 Å². The lowest BCUT2D eigenvalue weighted by Crippen LogP contribution is -2.25. The van der Waals surface area contributed by atoms with E-state index in [0.717, 1.165) is 11.8 Å². The van der Waals surface area contributed by atoms with Gasteiger partial charge in [-0.1, -0.05) is 32.6 Å². The molecule has 1 nitrogen and oxygen atoms in total. The smallest absolute Gasteiger partial charge is 0.00100 e. The first-order valence-electron chi connectivity index (χ1n) is 6.11. The Bertz CT molecular complexity index is 151. The second-order valence-electron chi connectivity index (χ2n) is 4.95. The van der Waals surface area contributed by atoms with Crippen molar-refractivity contribution in [3.8, 4) is 0 Å². The summed E-state index contributed by atoms with van der Waals surface area (Å²) in [6, 6.07) is 0. The molecule has 0 N–H and O–H groups in total. The summed E-state index contributed by atoms with van der Waals surface area (Å²) in [7, 11) is 0. The van der Waals surface area contributed by atoms with Crippen LogP contribution in [-0.4, -0.2) is 24.5 Å². The molecule has 0 radical (unpaired) electrons. The standard InChI is InChI=1S/C12H23N/c1-2-11-6-8-13(10-11)9-7-12-4-3-5-12/h11-12H,2-10H2,1H3/t11-/m1/s1. The summed E-state index contributed by atoms with van der Waals surface area (Å²) in [4.78, 5) is 2.69. The van der Waals surface area contributed by atoms with E-state index in [1.807, 2.05) is 0 Å². The largest absolute Gasteiger partial charge is 0.303 e. The van der Waals surface area contributed by atoms with Gasteiger partial charge in [-0.3, -0.25) is 0 Å². The zero-order chi connectivity index (χ0) is 9.10. The SMILES string of the molecule is CC[C@@H]1CCN(CCC2CCC2)C1. The average Bonchev–Trinajstić information content (AvgIpc) is 2.49. The van der Waals surface area contributed by atoms with E-state index in [4.69, 9.17) is 0 Å². The van der Waals surface area contributed by atoms with E-state index in [1.54, 1.807) is 0 Å². The van der Waals surface area contributed by atoms with Crippen LogP contribution in [0.15, 0.2) is 0 Å². The van der Waals surface area contributed by atoms with Crippen LogP contribution in [0.1, 0.15) is 45.4 Å². The molecule has 1 saturated heterocycles. The van der Waals surface area contributed by atoms with E-state index in [9.17, 15) is 0 Å². The fourth-order valence-electron chi connectivity index (χ4n) is 2.60.